The van der Waals surface area contributed by atoms with E-state index in [1.807, 2.05) is 0 Å². The van der Waals surface area contributed by atoms with Crippen molar-refractivity contribution in [3.05, 3.63) is 52.0 Å². The standard InChI is InChI=1S/C14H11Cl2NO3/c15-9-5-10(16)7-11(6-9)20-12-3-1-2-8(14(12)17)4-13(18)19/h1-3,5-7H,4,17H2,(H,18,19). The van der Waals surface area contributed by atoms with Crippen LogP contribution in [0.3, 0.4) is 0 Å². The zero-order valence-corrected chi connectivity index (χ0v) is 11.8. The van der Waals surface area contributed by atoms with Crippen molar-refractivity contribution in [2.75, 3.05) is 5.73 Å². The molecule has 2 aromatic rings. The minimum atomic E-state index is -0.959. The molecule has 6 heteroatoms. The molecule has 0 atom stereocenters. The molecular formula is C14H11Cl2NO3. The highest BCUT2D eigenvalue weighted by atomic mass is 35.5. The quantitative estimate of drug-likeness (QED) is 0.837. The summed E-state index contributed by atoms with van der Waals surface area (Å²) in [7, 11) is 0. The lowest BCUT2D eigenvalue weighted by Crippen LogP contribution is -2.04. The van der Waals surface area contributed by atoms with Gasteiger partial charge in [-0.2, -0.15) is 0 Å². The van der Waals surface area contributed by atoms with Crippen LogP contribution in [-0.4, -0.2) is 11.1 Å². The summed E-state index contributed by atoms with van der Waals surface area (Å²) in [5.74, 6) is -0.164. The van der Waals surface area contributed by atoms with Crippen molar-refractivity contribution >= 4 is 34.9 Å². The molecule has 0 aromatic heterocycles. The number of anilines is 1. The van der Waals surface area contributed by atoms with E-state index >= 15 is 0 Å². The van der Waals surface area contributed by atoms with Crippen LogP contribution in [0, 0.1) is 0 Å². The Kier molecular flexibility index (Phi) is 4.37. The van der Waals surface area contributed by atoms with Gasteiger partial charge in [0, 0.05) is 10.0 Å². The Bertz CT molecular complexity index is 639. The Morgan fingerprint density at radius 1 is 1.20 bits per heavy atom. The molecular weight excluding hydrogens is 301 g/mol. The Balaban J connectivity index is 2.31. The zero-order chi connectivity index (χ0) is 14.7. The van der Waals surface area contributed by atoms with Crippen molar-refractivity contribution in [3.63, 3.8) is 0 Å². The van der Waals surface area contributed by atoms with E-state index < -0.39 is 5.97 Å². The van der Waals surface area contributed by atoms with E-state index in [0.29, 0.717) is 27.1 Å². The van der Waals surface area contributed by atoms with Gasteiger partial charge >= 0.3 is 5.97 Å². The Labute approximate surface area is 125 Å². The third kappa shape index (κ3) is 3.56. The number of para-hydroxylation sites is 1. The Morgan fingerprint density at radius 2 is 1.85 bits per heavy atom. The maximum atomic E-state index is 10.7. The average Bonchev–Trinajstić information content (AvgIpc) is 2.32. The number of halogens is 2. The lowest BCUT2D eigenvalue weighted by molar-refractivity contribution is -0.136. The molecule has 0 saturated heterocycles. The third-order valence-electron chi connectivity index (χ3n) is 2.56. The van der Waals surface area contributed by atoms with Gasteiger partial charge in [0.2, 0.25) is 0 Å². The number of carboxylic acid groups (broad SMARTS) is 1. The first-order valence-electron chi connectivity index (χ1n) is 5.69. The maximum absolute atomic E-state index is 10.7. The molecule has 0 spiro atoms. The fourth-order valence-corrected chi connectivity index (χ4v) is 2.22. The van der Waals surface area contributed by atoms with Crippen LogP contribution < -0.4 is 10.5 Å². The first-order valence-corrected chi connectivity index (χ1v) is 6.44. The van der Waals surface area contributed by atoms with E-state index in [0.717, 1.165) is 0 Å². The molecule has 0 bridgehead atoms. The smallest absolute Gasteiger partial charge is 0.307 e. The summed E-state index contributed by atoms with van der Waals surface area (Å²) in [6, 6.07) is 9.74. The van der Waals surface area contributed by atoms with Gasteiger partial charge in [0.05, 0.1) is 12.1 Å². The highest BCUT2D eigenvalue weighted by molar-refractivity contribution is 6.34. The molecule has 0 amide bonds. The van der Waals surface area contributed by atoms with Gasteiger partial charge in [-0.15, -0.1) is 0 Å². The van der Waals surface area contributed by atoms with Crippen LogP contribution >= 0.6 is 23.2 Å². The molecule has 20 heavy (non-hydrogen) atoms. The lowest BCUT2D eigenvalue weighted by Gasteiger charge is -2.11. The van der Waals surface area contributed by atoms with Gasteiger partial charge in [-0.3, -0.25) is 4.79 Å². The van der Waals surface area contributed by atoms with Crippen LogP contribution in [0.15, 0.2) is 36.4 Å². The van der Waals surface area contributed by atoms with Crippen LogP contribution in [0.1, 0.15) is 5.56 Å². The number of nitrogen functional groups attached to an aromatic ring is 1. The van der Waals surface area contributed by atoms with Gasteiger partial charge in [0.25, 0.3) is 0 Å². The van der Waals surface area contributed by atoms with E-state index in [1.165, 1.54) is 0 Å². The van der Waals surface area contributed by atoms with E-state index in [-0.39, 0.29) is 12.1 Å². The summed E-state index contributed by atoms with van der Waals surface area (Å²) in [4.78, 5) is 10.7. The van der Waals surface area contributed by atoms with Crippen LogP contribution in [0.4, 0.5) is 5.69 Å². The van der Waals surface area contributed by atoms with Crippen LogP contribution in [0.2, 0.25) is 10.0 Å². The van der Waals surface area contributed by atoms with Gasteiger partial charge < -0.3 is 15.6 Å². The number of ether oxygens (including phenoxy) is 1. The lowest BCUT2D eigenvalue weighted by atomic mass is 10.1. The minimum Gasteiger partial charge on any atom is -0.481 e. The molecule has 2 aromatic carbocycles. The Hall–Kier alpha value is -1.91. The second-order valence-corrected chi connectivity index (χ2v) is 4.98. The topological polar surface area (TPSA) is 72.6 Å². The molecule has 0 aliphatic carbocycles. The SMILES string of the molecule is Nc1c(CC(=O)O)cccc1Oc1cc(Cl)cc(Cl)c1. The van der Waals surface area contributed by atoms with Crippen molar-refractivity contribution in [3.8, 4) is 11.5 Å². The summed E-state index contributed by atoms with van der Waals surface area (Å²) < 4.78 is 5.61. The zero-order valence-electron chi connectivity index (χ0n) is 10.3. The molecule has 0 aliphatic rings. The van der Waals surface area contributed by atoms with Gasteiger partial charge in [0.1, 0.15) is 5.75 Å². The summed E-state index contributed by atoms with van der Waals surface area (Å²) >= 11 is 11.8. The highest BCUT2D eigenvalue weighted by Crippen LogP contribution is 2.33. The molecule has 104 valence electrons. The van der Waals surface area contributed by atoms with Gasteiger partial charge in [0.15, 0.2) is 5.75 Å². The van der Waals surface area contributed by atoms with E-state index in [1.54, 1.807) is 36.4 Å². The molecule has 0 fully saturated rings. The average molecular weight is 312 g/mol. The fourth-order valence-electron chi connectivity index (χ4n) is 1.71. The third-order valence-corrected chi connectivity index (χ3v) is 3.00. The largest absolute Gasteiger partial charge is 0.481 e. The predicted octanol–water partition coefficient (Wildman–Crippen LogP) is 4.00. The second kappa shape index (κ2) is 6.03. The van der Waals surface area contributed by atoms with Crippen molar-refractivity contribution < 1.29 is 14.6 Å². The number of benzene rings is 2. The van der Waals surface area contributed by atoms with Crippen molar-refractivity contribution in [2.45, 2.75) is 6.42 Å². The number of carbonyl (C=O) groups is 1. The molecule has 4 nitrogen and oxygen atoms in total. The molecule has 0 radical (unpaired) electrons. The predicted molar refractivity (Wildman–Crippen MR) is 78.7 cm³/mol. The minimum absolute atomic E-state index is 0.167. The van der Waals surface area contributed by atoms with E-state index in [4.69, 9.17) is 38.8 Å². The summed E-state index contributed by atoms with van der Waals surface area (Å²) in [6.45, 7) is 0. The fraction of sp³-hybridized carbons (Fsp3) is 0.0714. The van der Waals surface area contributed by atoms with Crippen molar-refractivity contribution in [1.29, 1.82) is 0 Å². The second-order valence-electron chi connectivity index (χ2n) is 4.11. The Morgan fingerprint density at radius 3 is 2.45 bits per heavy atom. The molecule has 0 unspecified atom stereocenters. The first kappa shape index (κ1) is 14.5. The first-order chi connectivity index (χ1) is 9.45. The summed E-state index contributed by atoms with van der Waals surface area (Å²) in [5, 5.41) is 9.69. The number of aliphatic carboxylic acids is 1. The van der Waals surface area contributed by atoms with Crippen molar-refractivity contribution in [1.82, 2.24) is 0 Å². The molecule has 0 aliphatic heterocycles. The van der Waals surface area contributed by atoms with Gasteiger partial charge in [-0.1, -0.05) is 35.3 Å². The number of rotatable bonds is 4. The van der Waals surface area contributed by atoms with E-state index in [9.17, 15) is 4.79 Å². The number of hydrogen-bond donors (Lipinski definition) is 2. The van der Waals surface area contributed by atoms with Crippen LogP contribution in [0.25, 0.3) is 0 Å². The molecule has 3 N–H and O–H groups in total. The normalized spacial score (nSPS) is 10.3. The highest BCUT2D eigenvalue weighted by Gasteiger charge is 2.10. The van der Waals surface area contributed by atoms with Crippen LogP contribution in [0.5, 0.6) is 11.5 Å². The molecule has 0 heterocycles. The maximum Gasteiger partial charge on any atom is 0.307 e. The monoisotopic (exact) mass is 311 g/mol. The molecule has 2 rings (SSSR count). The van der Waals surface area contributed by atoms with Crippen LogP contribution in [-0.2, 0) is 11.2 Å². The van der Waals surface area contributed by atoms with E-state index in [2.05, 4.69) is 0 Å². The number of nitrogens with two attached hydrogens (primary N) is 1. The van der Waals surface area contributed by atoms with Gasteiger partial charge in [-0.25, -0.2) is 0 Å². The number of hydrogen-bond acceptors (Lipinski definition) is 3. The number of carboxylic acids is 1. The summed E-state index contributed by atoms with van der Waals surface area (Å²) in [6.07, 6.45) is -0.167. The molecule has 0 saturated carbocycles. The van der Waals surface area contributed by atoms with Crippen molar-refractivity contribution in [2.24, 2.45) is 0 Å². The van der Waals surface area contributed by atoms with Gasteiger partial charge in [-0.05, 0) is 29.8 Å². The summed E-state index contributed by atoms with van der Waals surface area (Å²) in [5.41, 5.74) is 6.67.